The van der Waals surface area contributed by atoms with Crippen molar-refractivity contribution < 1.29 is 24.2 Å². The molecule has 3 aliphatic rings. The van der Waals surface area contributed by atoms with E-state index in [1.54, 1.807) is 0 Å². The van der Waals surface area contributed by atoms with E-state index in [-0.39, 0.29) is 6.42 Å². The number of likely N-dealkylation sites (tertiary alicyclic amines) is 2. The highest BCUT2D eigenvalue weighted by Gasteiger charge is 2.63. The van der Waals surface area contributed by atoms with Crippen molar-refractivity contribution >= 4 is 12.0 Å². The van der Waals surface area contributed by atoms with Gasteiger partial charge in [0.2, 0.25) is 5.91 Å². The van der Waals surface area contributed by atoms with E-state index < -0.39 is 48.3 Å². The second-order valence-electron chi connectivity index (χ2n) is 5.86. The maximum atomic E-state index is 14.2. The Bertz CT molecular complexity index is 522. The van der Waals surface area contributed by atoms with Crippen LogP contribution in [0.4, 0.5) is 9.18 Å². The Labute approximate surface area is 120 Å². The molecule has 3 rings (SSSR count). The van der Waals surface area contributed by atoms with Crippen molar-refractivity contribution in [1.82, 2.24) is 9.80 Å². The number of hydrogen-bond acceptors (Lipinski definition) is 4. The number of amides is 2. The zero-order chi connectivity index (χ0) is 15.3. The molecule has 0 aromatic rings. The van der Waals surface area contributed by atoms with E-state index in [1.165, 1.54) is 4.90 Å². The fourth-order valence-corrected chi connectivity index (χ4v) is 3.93. The summed E-state index contributed by atoms with van der Waals surface area (Å²) in [5.74, 6) is -1.34. The van der Waals surface area contributed by atoms with Gasteiger partial charge in [-0.2, -0.15) is 5.26 Å². The van der Waals surface area contributed by atoms with E-state index in [2.05, 4.69) is 0 Å². The number of rotatable bonds is 1. The summed E-state index contributed by atoms with van der Waals surface area (Å²) >= 11 is 0. The van der Waals surface area contributed by atoms with Crippen molar-refractivity contribution in [2.75, 3.05) is 6.54 Å². The monoisotopic (exact) mass is 297 g/mol. The molecule has 7 nitrogen and oxygen atoms in total. The quantitative estimate of drug-likeness (QED) is 0.706. The van der Waals surface area contributed by atoms with Gasteiger partial charge in [0, 0.05) is 12.5 Å². The van der Waals surface area contributed by atoms with Crippen LogP contribution in [0.3, 0.4) is 0 Å². The van der Waals surface area contributed by atoms with Gasteiger partial charge in [-0.15, -0.1) is 0 Å². The van der Waals surface area contributed by atoms with Crippen molar-refractivity contribution in [3.05, 3.63) is 0 Å². The Balaban J connectivity index is 1.89. The van der Waals surface area contributed by atoms with E-state index in [4.69, 9.17) is 5.26 Å². The Hall–Kier alpha value is -1.88. The summed E-state index contributed by atoms with van der Waals surface area (Å²) in [4.78, 5) is 26.1. The van der Waals surface area contributed by atoms with Crippen LogP contribution in [0.2, 0.25) is 0 Å². The lowest BCUT2D eigenvalue weighted by Gasteiger charge is -2.36. The van der Waals surface area contributed by atoms with Gasteiger partial charge in [-0.25, -0.2) is 9.18 Å². The van der Waals surface area contributed by atoms with E-state index in [0.717, 1.165) is 4.90 Å². The van der Waals surface area contributed by atoms with Gasteiger partial charge in [0.25, 0.3) is 0 Å². The molecule has 0 aromatic carbocycles. The number of hydrogen-bond donors (Lipinski definition) is 2. The summed E-state index contributed by atoms with van der Waals surface area (Å²) in [5, 5.41) is 28.1. The van der Waals surface area contributed by atoms with Gasteiger partial charge in [0.1, 0.15) is 18.3 Å². The average Bonchev–Trinajstić information content (AvgIpc) is 3.09. The van der Waals surface area contributed by atoms with Gasteiger partial charge in [0.05, 0.1) is 18.2 Å². The molecule has 21 heavy (non-hydrogen) atoms. The summed E-state index contributed by atoms with van der Waals surface area (Å²) in [6.45, 7) is 0.387. The van der Waals surface area contributed by atoms with E-state index >= 15 is 0 Å². The lowest BCUT2D eigenvalue weighted by atomic mass is 9.96. The summed E-state index contributed by atoms with van der Waals surface area (Å²) in [7, 11) is 0. The van der Waals surface area contributed by atoms with Crippen LogP contribution < -0.4 is 0 Å². The molecule has 2 amide bonds. The van der Waals surface area contributed by atoms with Crippen molar-refractivity contribution in [1.29, 1.82) is 5.26 Å². The molecule has 1 unspecified atom stereocenters. The second-order valence-corrected chi connectivity index (χ2v) is 5.86. The van der Waals surface area contributed by atoms with Gasteiger partial charge < -0.3 is 15.1 Å². The topological polar surface area (TPSA) is 105 Å². The van der Waals surface area contributed by atoms with Gasteiger partial charge in [-0.05, 0) is 19.3 Å². The SMILES string of the molecule is N#C[C@@H]1CCCN1C(=O)[C@@H]1[C@@H]2C[C@@H](O)[C@@H](C2F)N1C(=O)O. The minimum atomic E-state index is -1.53. The Morgan fingerprint density at radius 2 is 2.10 bits per heavy atom. The summed E-state index contributed by atoms with van der Waals surface area (Å²) in [5.41, 5.74) is 0. The lowest BCUT2D eigenvalue weighted by molar-refractivity contribution is -0.139. The lowest BCUT2D eigenvalue weighted by Crippen LogP contribution is -2.57. The van der Waals surface area contributed by atoms with Crippen LogP contribution in [0.5, 0.6) is 0 Å². The number of fused-ring (bicyclic) bond motifs is 2. The maximum Gasteiger partial charge on any atom is 0.408 e. The third-order valence-electron chi connectivity index (χ3n) is 4.83. The molecule has 2 bridgehead atoms. The summed E-state index contributed by atoms with van der Waals surface area (Å²) in [6, 6.07) is -0.853. The van der Waals surface area contributed by atoms with Crippen LogP contribution in [-0.2, 0) is 4.79 Å². The predicted octanol–water partition coefficient (Wildman–Crippen LogP) is -0.0493. The van der Waals surface area contributed by atoms with Crippen LogP contribution in [0.25, 0.3) is 0 Å². The van der Waals surface area contributed by atoms with Crippen molar-refractivity contribution in [3.8, 4) is 6.07 Å². The third-order valence-corrected chi connectivity index (χ3v) is 4.83. The molecule has 6 atom stereocenters. The highest BCUT2D eigenvalue weighted by Crippen LogP contribution is 2.45. The van der Waals surface area contributed by atoms with E-state index in [9.17, 15) is 24.2 Å². The number of nitriles is 1. The molecule has 1 aliphatic carbocycles. The Kier molecular flexibility index (Phi) is 3.24. The van der Waals surface area contributed by atoms with Crippen LogP contribution in [0.15, 0.2) is 0 Å². The first-order valence-electron chi connectivity index (χ1n) is 7.01. The summed E-state index contributed by atoms with van der Waals surface area (Å²) in [6.07, 6.45) is -2.70. The zero-order valence-electron chi connectivity index (χ0n) is 11.2. The zero-order valence-corrected chi connectivity index (χ0v) is 11.2. The number of aliphatic hydroxyl groups excluding tert-OH is 1. The van der Waals surface area contributed by atoms with Gasteiger partial charge in [0.15, 0.2) is 0 Å². The standard InChI is InChI=1S/C13H16FN3O4/c14-9-7-4-8(18)11(9)17(13(20)21)10(7)12(19)16-3-1-2-6(16)5-15/h6-11,18H,1-4H2,(H,20,21)/t6-,7+,8+,9?,10-,11-/m0/s1. The predicted molar refractivity (Wildman–Crippen MR) is 66.8 cm³/mol. The fourth-order valence-electron chi connectivity index (χ4n) is 3.93. The largest absolute Gasteiger partial charge is 0.465 e. The molecule has 3 fully saturated rings. The molecule has 0 aromatic heterocycles. The Morgan fingerprint density at radius 1 is 1.38 bits per heavy atom. The smallest absolute Gasteiger partial charge is 0.408 e. The number of carboxylic acid groups (broad SMARTS) is 1. The van der Waals surface area contributed by atoms with Crippen LogP contribution in [-0.4, -0.2) is 69.0 Å². The molecule has 0 spiro atoms. The van der Waals surface area contributed by atoms with Gasteiger partial charge in [-0.3, -0.25) is 9.69 Å². The number of carbonyl (C=O) groups is 2. The molecule has 2 N–H and O–H groups in total. The van der Waals surface area contributed by atoms with Gasteiger partial charge >= 0.3 is 6.09 Å². The second kappa shape index (κ2) is 4.84. The number of carbonyl (C=O) groups excluding carboxylic acids is 1. The fraction of sp³-hybridized carbons (Fsp3) is 0.769. The first kappa shape index (κ1) is 14.1. The molecule has 2 aliphatic heterocycles. The molecule has 114 valence electrons. The van der Waals surface area contributed by atoms with Crippen molar-refractivity contribution in [2.45, 2.75) is 49.7 Å². The minimum absolute atomic E-state index is 0.0804. The van der Waals surface area contributed by atoms with Crippen molar-refractivity contribution in [2.24, 2.45) is 5.92 Å². The van der Waals surface area contributed by atoms with E-state index in [0.29, 0.717) is 19.4 Å². The van der Waals surface area contributed by atoms with Crippen molar-refractivity contribution in [3.63, 3.8) is 0 Å². The molecular weight excluding hydrogens is 281 g/mol. The number of aliphatic hydroxyl groups is 1. The molecule has 2 heterocycles. The minimum Gasteiger partial charge on any atom is -0.465 e. The third kappa shape index (κ3) is 1.87. The molecule has 2 saturated heterocycles. The molecule has 8 heteroatoms. The normalized spacial score (nSPS) is 41.4. The van der Waals surface area contributed by atoms with Crippen LogP contribution in [0, 0.1) is 17.2 Å². The van der Waals surface area contributed by atoms with Crippen LogP contribution in [0.1, 0.15) is 19.3 Å². The Morgan fingerprint density at radius 3 is 2.71 bits per heavy atom. The van der Waals surface area contributed by atoms with Gasteiger partial charge in [-0.1, -0.05) is 0 Å². The number of alkyl halides is 1. The average molecular weight is 297 g/mol. The first-order chi connectivity index (χ1) is 9.97. The molecule has 0 radical (unpaired) electrons. The van der Waals surface area contributed by atoms with Crippen LogP contribution >= 0.6 is 0 Å². The highest BCUT2D eigenvalue weighted by atomic mass is 19.1. The number of piperidine rings is 1. The molecule has 1 saturated carbocycles. The number of nitrogens with zero attached hydrogens (tertiary/aromatic N) is 3. The maximum absolute atomic E-state index is 14.2. The first-order valence-corrected chi connectivity index (χ1v) is 7.01. The highest BCUT2D eigenvalue weighted by molar-refractivity contribution is 5.88. The molecular formula is C13H16FN3O4. The number of halogens is 1. The van der Waals surface area contributed by atoms with E-state index in [1.807, 2.05) is 6.07 Å². The summed E-state index contributed by atoms with van der Waals surface area (Å²) < 4.78 is 14.2.